The molecule has 4 aliphatic carbocycles. The Morgan fingerprint density at radius 2 is 1.17 bits per heavy atom. The van der Waals surface area contributed by atoms with Crippen LogP contribution in [0.1, 0.15) is 35.1 Å². The van der Waals surface area contributed by atoms with Crippen LogP contribution in [0.3, 0.4) is 0 Å². The van der Waals surface area contributed by atoms with Crippen LogP contribution in [0, 0.1) is 11.8 Å². The van der Waals surface area contributed by atoms with Crippen molar-refractivity contribution in [2.75, 3.05) is 0 Å². The molecule has 0 fully saturated rings. The summed E-state index contributed by atoms with van der Waals surface area (Å²) < 4.78 is 9.47. The van der Waals surface area contributed by atoms with Gasteiger partial charge in [0.05, 0.1) is 16.4 Å². The Kier molecular flexibility index (Phi) is 9.77. The lowest BCUT2D eigenvalue weighted by atomic mass is 9.54. The average molecular weight is 913 g/mol. The highest BCUT2D eigenvalue weighted by atomic mass is 16.5. The normalized spacial score (nSPS) is 20.4. The van der Waals surface area contributed by atoms with Gasteiger partial charge >= 0.3 is 0 Å². The van der Waals surface area contributed by atoms with Gasteiger partial charge in [0.1, 0.15) is 11.9 Å². The Bertz CT molecular complexity index is 3790. The minimum absolute atomic E-state index is 0.118. The summed E-state index contributed by atoms with van der Waals surface area (Å²) in [6.45, 7) is 0. The SMILES string of the molecule is C1=CCC2Oc3ccc(-c4nc(-c5ccccc5)nc(-c5cccc(-c6ccc(-n7c8ccccc8c8ccccc87)cc6)c5)n4)cc3C(C3=CC=CC4C=CC=CC34)(c3cccc4c3CCC=C4)C2=C1. The first kappa shape index (κ1) is 41.3. The average Bonchev–Trinajstić information content (AvgIpc) is 3.79. The van der Waals surface area contributed by atoms with E-state index in [1.807, 2.05) is 18.2 Å². The molecule has 0 saturated heterocycles. The number of nitrogens with zero attached hydrogens (tertiary/aromatic N) is 4. The summed E-state index contributed by atoms with van der Waals surface area (Å²) in [6.07, 6.45) is 30.3. The predicted octanol–water partition coefficient (Wildman–Crippen LogP) is 15.4. The maximum absolute atomic E-state index is 7.12. The fourth-order valence-electron chi connectivity index (χ4n) is 12.2. The molecule has 5 aliphatic rings. The second-order valence-electron chi connectivity index (χ2n) is 19.2. The molecule has 0 saturated carbocycles. The Balaban J connectivity index is 0.927. The minimum atomic E-state index is -0.637. The van der Waals surface area contributed by atoms with Gasteiger partial charge in [-0.1, -0.05) is 188 Å². The third kappa shape index (κ3) is 6.71. The van der Waals surface area contributed by atoms with E-state index in [0.717, 1.165) is 64.1 Å². The van der Waals surface area contributed by atoms with Gasteiger partial charge in [0, 0.05) is 57.0 Å². The molecule has 4 unspecified atom stereocenters. The number of hydrogen-bond donors (Lipinski definition) is 0. The van der Waals surface area contributed by atoms with Gasteiger partial charge in [-0.25, -0.2) is 15.0 Å². The van der Waals surface area contributed by atoms with Crippen LogP contribution in [0.2, 0.25) is 0 Å². The van der Waals surface area contributed by atoms with Gasteiger partial charge in [0.25, 0.3) is 0 Å². The standard InChI is InChI=1S/C66H48N4O/c1-2-19-46(20-3-1)63-67-64(48-24-14-23-47(41-48)43-35-38-50(39-36-43)70-59-32-11-8-27-53(59)54-28-9-12-33-60(54)70)69-65(68-63)49-37-40-62-58(42-49)66(57-29-10-13-34-61(57)71-62,55-30-15-21-44-17-4-6-25-51(44)55)56-31-16-22-45-18-5-7-26-52(45)56/h1-6,8-25,27-33,35-42,44,51,61H,7,26,34H2. The molecule has 2 aromatic heterocycles. The molecule has 1 aliphatic heterocycles. The molecule has 3 heterocycles. The lowest BCUT2D eigenvalue weighted by Gasteiger charge is -2.51. The third-order valence-corrected chi connectivity index (χ3v) is 15.3. The van der Waals surface area contributed by atoms with Crippen molar-refractivity contribution in [3.05, 3.63) is 264 Å². The quantitative estimate of drug-likeness (QED) is 0.160. The molecule has 0 spiro atoms. The number of allylic oxidation sites excluding steroid dienone is 11. The largest absolute Gasteiger partial charge is 0.485 e. The molecule has 0 N–H and O–H groups in total. The molecular weight excluding hydrogens is 865 g/mol. The molecule has 5 nitrogen and oxygen atoms in total. The van der Waals surface area contributed by atoms with Crippen molar-refractivity contribution in [3.8, 4) is 56.7 Å². The summed E-state index contributed by atoms with van der Waals surface area (Å²) in [5.41, 5.74) is 15.6. The molecule has 0 bridgehead atoms. The minimum Gasteiger partial charge on any atom is -0.485 e. The second kappa shape index (κ2) is 16.8. The molecule has 338 valence electrons. The van der Waals surface area contributed by atoms with Crippen LogP contribution in [-0.4, -0.2) is 25.6 Å². The summed E-state index contributed by atoms with van der Waals surface area (Å²) in [5, 5.41) is 2.50. The summed E-state index contributed by atoms with van der Waals surface area (Å²) >= 11 is 0. The van der Waals surface area contributed by atoms with Gasteiger partial charge in [0.15, 0.2) is 17.5 Å². The van der Waals surface area contributed by atoms with E-state index in [4.69, 9.17) is 19.7 Å². The van der Waals surface area contributed by atoms with Gasteiger partial charge in [-0.05, 0) is 100 Å². The van der Waals surface area contributed by atoms with Gasteiger partial charge < -0.3 is 9.30 Å². The van der Waals surface area contributed by atoms with Crippen LogP contribution < -0.4 is 4.74 Å². The first-order valence-corrected chi connectivity index (χ1v) is 24.9. The number of ether oxygens (including phenoxy) is 1. The topological polar surface area (TPSA) is 52.8 Å². The van der Waals surface area contributed by atoms with E-state index < -0.39 is 5.41 Å². The Morgan fingerprint density at radius 3 is 1.99 bits per heavy atom. The maximum atomic E-state index is 7.12. The van der Waals surface area contributed by atoms with Gasteiger partial charge in [0.2, 0.25) is 0 Å². The molecule has 0 radical (unpaired) electrons. The highest BCUT2D eigenvalue weighted by Crippen LogP contribution is 2.59. The van der Waals surface area contributed by atoms with Crippen LogP contribution in [-0.2, 0) is 11.8 Å². The number of fused-ring (bicyclic) bond motifs is 7. The molecule has 7 aromatic carbocycles. The molecule has 4 atom stereocenters. The van der Waals surface area contributed by atoms with E-state index in [9.17, 15) is 0 Å². The van der Waals surface area contributed by atoms with Crippen molar-refractivity contribution in [3.63, 3.8) is 0 Å². The summed E-state index contributed by atoms with van der Waals surface area (Å²) in [4.78, 5) is 15.9. The Morgan fingerprint density at radius 1 is 0.507 bits per heavy atom. The third-order valence-electron chi connectivity index (χ3n) is 15.3. The molecule has 0 amide bonds. The molecule has 14 rings (SSSR count). The lowest BCUT2D eigenvalue weighted by molar-refractivity contribution is 0.201. The van der Waals surface area contributed by atoms with E-state index in [0.29, 0.717) is 17.5 Å². The number of rotatable bonds is 7. The highest BCUT2D eigenvalue weighted by Gasteiger charge is 2.53. The lowest BCUT2D eigenvalue weighted by Crippen LogP contribution is -2.47. The van der Waals surface area contributed by atoms with Crippen LogP contribution in [0.15, 0.2) is 242 Å². The smallest absolute Gasteiger partial charge is 0.164 e. The fourth-order valence-corrected chi connectivity index (χ4v) is 12.2. The molecule has 5 heteroatoms. The fraction of sp³-hybridized carbons (Fsp3) is 0.106. The molecule has 9 aromatic rings. The Hall–Kier alpha value is -8.67. The van der Waals surface area contributed by atoms with Crippen LogP contribution in [0.5, 0.6) is 5.75 Å². The van der Waals surface area contributed by atoms with E-state index in [1.54, 1.807) is 0 Å². The van der Waals surface area contributed by atoms with Gasteiger partial charge in [-0.3, -0.25) is 0 Å². The summed E-state index contributed by atoms with van der Waals surface area (Å²) in [6, 6.07) is 58.6. The van der Waals surface area contributed by atoms with E-state index >= 15 is 0 Å². The van der Waals surface area contributed by atoms with Crippen molar-refractivity contribution in [2.24, 2.45) is 11.8 Å². The molecule has 71 heavy (non-hydrogen) atoms. The first-order valence-electron chi connectivity index (χ1n) is 24.9. The van der Waals surface area contributed by atoms with E-state index in [-0.39, 0.29) is 17.9 Å². The zero-order valence-corrected chi connectivity index (χ0v) is 39.1. The number of para-hydroxylation sites is 2. The first-order chi connectivity index (χ1) is 35.2. The number of hydrogen-bond acceptors (Lipinski definition) is 4. The Labute approximate surface area is 413 Å². The summed E-state index contributed by atoms with van der Waals surface area (Å²) in [7, 11) is 0. The predicted molar refractivity (Wildman–Crippen MR) is 289 cm³/mol. The van der Waals surface area contributed by atoms with E-state index in [2.05, 4.69) is 223 Å². The summed E-state index contributed by atoms with van der Waals surface area (Å²) in [5.74, 6) is 3.15. The van der Waals surface area contributed by atoms with Crippen LogP contribution in [0.4, 0.5) is 0 Å². The van der Waals surface area contributed by atoms with E-state index in [1.165, 1.54) is 49.6 Å². The van der Waals surface area contributed by atoms with Crippen molar-refractivity contribution < 1.29 is 4.74 Å². The van der Waals surface area contributed by atoms with Crippen molar-refractivity contribution in [1.82, 2.24) is 19.5 Å². The van der Waals surface area contributed by atoms with Crippen molar-refractivity contribution in [2.45, 2.75) is 30.8 Å². The maximum Gasteiger partial charge on any atom is 0.164 e. The zero-order chi connectivity index (χ0) is 46.9. The van der Waals surface area contributed by atoms with Crippen LogP contribution in [0.25, 0.3) is 78.9 Å². The van der Waals surface area contributed by atoms with Gasteiger partial charge in [-0.2, -0.15) is 0 Å². The van der Waals surface area contributed by atoms with Crippen LogP contribution >= 0.6 is 0 Å². The molecular formula is C66H48N4O. The second-order valence-corrected chi connectivity index (χ2v) is 19.2. The zero-order valence-electron chi connectivity index (χ0n) is 39.1. The number of aromatic nitrogens is 4. The van der Waals surface area contributed by atoms with Gasteiger partial charge in [-0.15, -0.1) is 0 Å². The van der Waals surface area contributed by atoms with Crippen molar-refractivity contribution in [1.29, 1.82) is 0 Å². The number of benzene rings is 7. The highest BCUT2D eigenvalue weighted by molar-refractivity contribution is 6.09. The monoisotopic (exact) mass is 912 g/mol. The van der Waals surface area contributed by atoms with Crippen molar-refractivity contribution >= 4 is 27.9 Å².